The van der Waals surface area contributed by atoms with Crippen molar-refractivity contribution in [3.8, 4) is 55.8 Å². The van der Waals surface area contributed by atoms with E-state index in [-0.39, 0.29) is 43.8 Å². The summed E-state index contributed by atoms with van der Waals surface area (Å²) < 4.78 is 188. The summed E-state index contributed by atoms with van der Waals surface area (Å²) in [5.41, 5.74) is -2.90. The van der Waals surface area contributed by atoms with Gasteiger partial charge in [-0.05, 0) is 67.0 Å². The first-order chi connectivity index (χ1) is 31.7. The molecule has 0 radical (unpaired) electrons. The van der Waals surface area contributed by atoms with Crippen LogP contribution in [0, 0.1) is 0 Å². The number of hydrogen-bond donors (Lipinski definition) is 0. The van der Waals surface area contributed by atoms with Crippen molar-refractivity contribution in [3.63, 3.8) is 0 Å². The number of rotatable bonds is 5. The predicted octanol–water partition coefficient (Wildman–Crippen LogP) is 13.1. The summed E-state index contributed by atoms with van der Waals surface area (Å²) in [5, 5.41) is -1.74. The molecule has 0 saturated heterocycles. The van der Waals surface area contributed by atoms with Gasteiger partial charge in [0.2, 0.25) is 0 Å². The molecule has 220 valence electrons. The molecule has 0 aliphatic heterocycles. The van der Waals surface area contributed by atoms with Crippen molar-refractivity contribution >= 4 is 32.5 Å². The quantitative estimate of drug-likeness (QED) is 0.175. The van der Waals surface area contributed by atoms with Crippen LogP contribution >= 0.6 is 0 Å². The van der Waals surface area contributed by atoms with Gasteiger partial charge in [-0.25, -0.2) is 0 Å². The van der Waals surface area contributed by atoms with E-state index >= 15 is 0 Å². The maximum atomic E-state index is 9.72. The minimum atomic E-state index is -0.874. The summed E-state index contributed by atoms with van der Waals surface area (Å²) in [6.45, 7) is 0. The molecule has 0 fully saturated rings. The lowest BCUT2D eigenvalue weighted by Gasteiger charge is -2.18. The minimum absolute atomic E-state index is 0.0220. The molecule has 0 amide bonds. The Kier molecular flexibility index (Phi) is 3.29. The third-order valence-electron chi connectivity index (χ3n) is 7.87. The molecule has 1 aromatic heterocycles. The largest absolute Gasteiger partial charge is 0.455 e. The van der Waals surface area contributed by atoms with Crippen LogP contribution in [0.25, 0.3) is 88.3 Å². The van der Waals surface area contributed by atoms with Crippen LogP contribution in [0.1, 0.15) is 27.4 Å². The van der Waals surface area contributed by atoms with Gasteiger partial charge in [-0.3, -0.25) is 0 Å². The second kappa shape index (κ2) is 11.3. The topological polar surface area (TPSA) is 13.1 Å². The van der Waals surface area contributed by atoms with Gasteiger partial charge in [0.25, 0.3) is 0 Å². The first kappa shape index (κ1) is 13.7. The minimum Gasteiger partial charge on any atom is -0.455 e. The fourth-order valence-electron chi connectivity index (χ4n) is 5.90. The molecule has 0 aliphatic rings. The van der Waals surface area contributed by atoms with Gasteiger partial charge < -0.3 is 4.42 Å². The van der Waals surface area contributed by atoms with E-state index in [1.807, 2.05) is 0 Å². The molecule has 9 rings (SSSR count). The van der Waals surface area contributed by atoms with E-state index in [1.165, 1.54) is 12.1 Å². The Morgan fingerprint density at radius 2 is 0.894 bits per heavy atom. The lowest BCUT2D eigenvalue weighted by molar-refractivity contribution is 0.633. The van der Waals surface area contributed by atoms with Gasteiger partial charge in [-0.15, -0.1) is 0 Å². The lowest BCUT2D eigenvalue weighted by atomic mass is 9.84. The Morgan fingerprint density at radius 3 is 1.53 bits per heavy atom. The summed E-state index contributed by atoms with van der Waals surface area (Å²) in [6, 6.07) is 0.994. The Bertz CT molecular complexity index is 3570. The van der Waals surface area contributed by atoms with Gasteiger partial charge in [0.15, 0.2) is 0 Å². The van der Waals surface area contributed by atoms with E-state index in [4.69, 9.17) is 19.5 Å². The van der Waals surface area contributed by atoms with Crippen molar-refractivity contribution in [3.05, 3.63) is 182 Å². The summed E-state index contributed by atoms with van der Waals surface area (Å²) in [4.78, 5) is 0. The van der Waals surface area contributed by atoms with Gasteiger partial charge >= 0.3 is 0 Å². The Labute approximate surface area is 302 Å². The Morgan fingerprint density at radius 1 is 0.362 bits per heavy atom. The molecule has 1 heterocycles. The van der Waals surface area contributed by atoms with Gasteiger partial charge in [0.05, 0.1) is 27.4 Å². The molecule has 47 heavy (non-hydrogen) atoms. The van der Waals surface area contributed by atoms with Crippen LogP contribution in [0.2, 0.25) is 0 Å². The fourth-order valence-corrected chi connectivity index (χ4v) is 5.90. The first-order valence-electron chi connectivity index (χ1n) is 24.5. The smallest absolute Gasteiger partial charge is 0.143 e. The van der Waals surface area contributed by atoms with Crippen LogP contribution in [0.5, 0.6) is 0 Å². The number of benzene rings is 8. The van der Waals surface area contributed by atoms with Crippen molar-refractivity contribution in [2.24, 2.45) is 0 Å². The standard InChI is InChI=1S/C46H30O/c1-4-16-31(17-5-1)34-28-29-41-42(30-34)47-46(40-27-15-10-22-35(40)32-18-6-2-7-19-32)45(41)44-38-25-13-11-23-36(38)43(33-20-8-3-9-21-33)37-24-12-14-26-39(37)44/h1-30H/i1D,4D,5D,10D,11D,12D,13D,14D,15D,16D,17D,22D,23D,24D,25D,26D,27D,28D,29D,30D. The van der Waals surface area contributed by atoms with Crippen molar-refractivity contribution in [2.45, 2.75) is 0 Å². The monoisotopic (exact) mass is 618 g/mol. The molecular weight excluding hydrogens is 569 g/mol. The molecular formula is C46H30O. The van der Waals surface area contributed by atoms with Crippen LogP contribution in [0.4, 0.5) is 0 Å². The fraction of sp³-hybridized carbons (Fsp3) is 0. The molecule has 1 heteroatoms. The third kappa shape index (κ3) is 4.56. The molecule has 0 unspecified atom stereocenters. The molecule has 0 atom stereocenters. The average Bonchev–Trinajstić information content (AvgIpc) is 3.72. The maximum absolute atomic E-state index is 9.72. The molecule has 0 saturated carbocycles. The molecule has 0 N–H and O–H groups in total. The highest BCUT2D eigenvalue weighted by Gasteiger charge is 2.25. The van der Waals surface area contributed by atoms with Crippen molar-refractivity contribution in [1.29, 1.82) is 0 Å². The van der Waals surface area contributed by atoms with E-state index < -0.39 is 165 Å². The van der Waals surface area contributed by atoms with Crippen LogP contribution in [0.3, 0.4) is 0 Å². The van der Waals surface area contributed by atoms with E-state index in [0.29, 0.717) is 0 Å². The van der Waals surface area contributed by atoms with Crippen LogP contribution < -0.4 is 0 Å². The van der Waals surface area contributed by atoms with Crippen LogP contribution in [-0.2, 0) is 0 Å². The number of furan rings is 1. The summed E-state index contributed by atoms with van der Waals surface area (Å²) in [7, 11) is 0. The zero-order valence-corrected chi connectivity index (χ0v) is 24.2. The van der Waals surface area contributed by atoms with Gasteiger partial charge in [-0.2, -0.15) is 0 Å². The van der Waals surface area contributed by atoms with Crippen molar-refractivity contribution in [2.75, 3.05) is 0 Å². The highest BCUT2D eigenvalue weighted by atomic mass is 16.3. The average molecular weight is 619 g/mol. The molecule has 8 aromatic carbocycles. The molecule has 0 bridgehead atoms. The second-order valence-corrected chi connectivity index (χ2v) is 10.5. The van der Waals surface area contributed by atoms with E-state index in [1.54, 1.807) is 48.5 Å². The van der Waals surface area contributed by atoms with E-state index in [9.17, 15) is 12.3 Å². The van der Waals surface area contributed by atoms with Gasteiger partial charge in [0, 0.05) is 22.1 Å². The third-order valence-corrected chi connectivity index (χ3v) is 7.87. The van der Waals surface area contributed by atoms with Crippen molar-refractivity contribution < 1.29 is 31.8 Å². The van der Waals surface area contributed by atoms with Crippen molar-refractivity contribution in [1.82, 2.24) is 0 Å². The molecule has 0 aliphatic carbocycles. The highest BCUT2D eigenvalue weighted by molar-refractivity contribution is 6.25. The zero-order valence-electron chi connectivity index (χ0n) is 44.2. The first-order valence-corrected chi connectivity index (χ1v) is 14.5. The summed E-state index contributed by atoms with van der Waals surface area (Å²) in [6.07, 6.45) is 0. The maximum Gasteiger partial charge on any atom is 0.143 e. The van der Waals surface area contributed by atoms with Crippen LogP contribution in [0.15, 0.2) is 186 Å². The van der Waals surface area contributed by atoms with Gasteiger partial charge in [0.1, 0.15) is 11.3 Å². The molecule has 1 nitrogen and oxygen atoms in total. The molecule has 9 aromatic rings. The van der Waals surface area contributed by atoms with E-state index in [0.717, 1.165) is 0 Å². The zero-order chi connectivity index (χ0) is 48.6. The van der Waals surface area contributed by atoms with E-state index in [2.05, 4.69) is 0 Å². The summed E-state index contributed by atoms with van der Waals surface area (Å²) >= 11 is 0. The number of hydrogen-bond acceptors (Lipinski definition) is 1. The van der Waals surface area contributed by atoms with Crippen LogP contribution in [-0.4, -0.2) is 0 Å². The second-order valence-electron chi connectivity index (χ2n) is 10.5. The lowest BCUT2D eigenvalue weighted by Crippen LogP contribution is -1.92. The SMILES string of the molecule is [2H]c1c([2H])c([2H])c(-c2c([2H])c([2H])c3c(-c4c5c([2H])c([2H])c([2H])c([2H])c5c(-c5ccccc5)c5c([2H])c([2H])c([2H])c([2H])c45)c(-c4c([2H])c([2H])c([2H])c([2H])c4-c4ccccc4)oc3c2[2H])c([2H])c1[2H]. The van der Waals surface area contributed by atoms with Gasteiger partial charge in [-0.1, -0.05) is 169 Å². The Balaban J connectivity index is 1.67. The number of fused-ring (bicyclic) bond motifs is 3. The summed E-state index contributed by atoms with van der Waals surface area (Å²) in [5.74, 6) is -0.574. The Hall–Kier alpha value is -6.18. The normalized spacial score (nSPS) is 17.4. The molecule has 0 spiro atoms. The predicted molar refractivity (Wildman–Crippen MR) is 198 cm³/mol. The highest BCUT2D eigenvalue weighted by Crippen LogP contribution is 2.51.